The quantitative estimate of drug-likeness (QED) is 0.912. The summed E-state index contributed by atoms with van der Waals surface area (Å²) < 4.78 is 12.5. The van der Waals surface area contributed by atoms with E-state index >= 15 is 0 Å². The van der Waals surface area contributed by atoms with Crippen LogP contribution in [0.5, 0.6) is 0 Å². The smallest absolute Gasteiger partial charge is 0.408 e. The molecule has 0 saturated carbocycles. The molecule has 5 nitrogen and oxygen atoms in total. The highest BCUT2D eigenvalue weighted by atomic mass is 16.5. The van der Waals surface area contributed by atoms with Gasteiger partial charge in [-0.05, 0) is 37.6 Å². The minimum absolute atomic E-state index is 0.136. The number of hydrogen-bond acceptors (Lipinski definition) is 4. The summed E-state index contributed by atoms with van der Waals surface area (Å²) in [7, 11) is 3.64. The minimum Gasteiger partial charge on any atom is -0.408 e. The molecule has 1 N–H and O–H groups in total. The van der Waals surface area contributed by atoms with E-state index in [9.17, 15) is 4.79 Å². The predicted octanol–water partition coefficient (Wildman–Crippen LogP) is 1.57. The Kier molecular flexibility index (Phi) is 3.16. The zero-order valence-electron chi connectivity index (χ0n) is 11.2. The van der Waals surface area contributed by atoms with E-state index in [2.05, 4.69) is 5.32 Å². The molecule has 2 aromatic rings. The average Bonchev–Trinajstić information content (AvgIpc) is 3.01. The molecule has 1 aromatic heterocycles. The highest BCUT2D eigenvalue weighted by Crippen LogP contribution is 2.28. The van der Waals surface area contributed by atoms with Crippen molar-refractivity contribution in [3.8, 4) is 0 Å². The summed E-state index contributed by atoms with van der Waals surface area (Å²) in [6.45, 7) is 0.825. The van der Waals surface area contributed by atoms with E-state index < -0.39 is 0 Å². The Morgan fingerprint density at radius 2 is 2.32 bits per heavy atom. The van der Waals surface area contributed by atoms with Gasteiger partial charge in [-0.2, -0.15) is 0 Å². The second-order valence-electron chi connectivity index (χ2n) is 4.97. The van der Waals surface area contributed by atoms with Crippen LogP contribution < -0.4 is 11.1 Å². The summed E-state index contributed by atoms with van der Waals surface area (Å²) in [5.74, 6) is -0.328. The molecule has 2 heterocycles. The number of benzene rings is 1. The normalized spacial score (nSPS) is 21.1. The Labute approximate surface area is 111 Å². The van der Waals surface area contributed by atoms with Crippen molar-refractivity contribution in [2.24, 2.45) is 7.05 Å². The molecule has 0 spiro atoms. The van der Waals surface area contributed by atoms with E-state index in [4.69, 9.17) is 9.15 Å². The molecule has 1 fully saturated rings. The molecule has 3 rings (SSSR count). The largest absolute Gasteiger partial charge is 0.419 e. The molecule has 0 bridgehead atoms. The van der Waals surface area contributed by atoms with E-state index in [1.54, 1.807) is 7.05 Å². The number of nitrogens with zero attached hydrogens (tertiary/aromatic N) is 1. The van der Waals surface area contributed by atoms with Crippen LogP contribution in [0, 0.1) is 0 Å². The molecular weight excluding hydrogens is 244 g/mol. The first-order valence-corrected chi connectivity index (χ1v) is 6.59. The first-order chi connectivity index (χ1) is 9.20. The monoisotopic (exact) mass is 262 g/mol. The Morgan fingerprint density at radius 1 is 1.47 bits per heavy atom. The van der Waals surface area contributed by atoms with Gasteiger partial charge in [0.1, 0.15) is 0 Å². The maximum Gasteiger partial charge on any atom is 0.419 e. The van der Waals surface area contributed by atoms with Gasteiger partial charge in [-0.3, -0.25) is 4.57 Å². The molecule has 1 saturated heterocycles. The fourth-order valence-electron chi connectivity index (χ4n) is 2.78. The third-order valence-corrected chi connectivity index (χ3v) is 3.82. The second-order valence-corrected chi connectivity index (χ2v) is 4.97. The summed E-state index contributed by atoms with van der Waals surface area (Å²) in [5.41, 5.74) is 2.54. The molecule has 2 unspecified atom stereocenters. The van der Waals surface area contributed by atoms with Crippen molar-refractivity contribution in [3.63, 3.8) is 0 Å². The Hall–Kier alpha value is -1.59. The summed E-state index contributed by atoms with van der Waals surface area (Å²) in [6.07, 6.45) is 2.35. The van der Waals surface area contributed by atoms with Crippen LogP contribution in [0.2, 0.25) is 0 Å². The number of ether oxygens (including phenoxy) is 1. The van der Waals surface area contributed by atoms with E-state index in [1.807, 2.05) is 25.2 Å². The lowest BCUT2D eigenvalue weighted by Crippen LogP contribution is -2.28. The van der Waals surface area contributed by atoms with Gasteiger partial charge in [0.2, 0.25) is 0 Å². The van der Waals surface area contributed by atoms with E-state index in [0.29, 0.717) is 5.58 Å². The molecular formula is C14H18N2O3. The van der Waals surface area contributed by atoms with Crippen LogP contribution in [-0.2, 0) is 11.8 Å². The predicted molar refractivity (Wildman–Crippen MR) is 72.2 cm³/mol. The fraction of sp³-hybridized carbons (Fsp3) is 0.500. The zero-order valence-corrected chi connectivity index (χ0v) is 11.2. The zero-order chi connectivity index (χ0) is 13.4. The molecule has 102 valence electrons. The van der Waals surface area contributed by atoms with Crippen molar-refractivity contribution in [1.29, 1.82) is 0 Å². The topological polar surface area (TPSA) is 56.4 Å². The van der Waals surface area contributed by atoms with Crippen molar-refractivity contribution >= 4 is 11.1 Å². The van der Waals surface area contributed by atoms with Crippen molar-refractivity contribution in [1.82, 2.24) is 9.88 Å². The number of aromatic nitrogens is 1. The lowest BCUT2D eigenvalue weighted by molar-refractivity contribution is 0.0808. The third kappa shape index (κ3) is 2.09. The Bertz CT molecular complexity index is 638. The van der Waals surface area contributed by atoms with Gasteiger partial charge in [0.05, 0.1) is 17.7 Å². The lowest BCUT2D eigenvalue weighted by atomic mass is 9.99. The van der Waals surface area contributed by atoms with Gasteiger partial charge in [0, 0.05) is 13.7 Å². The van der Waals surface area contributed by atoms with Gasteiger partial charge in [-0.1, -0.05) is 6.07 Å². The standard InChI is InChI=1S/C14H18N2O3/c1-15-13(11-4-3-7-18-11)9-5-6-10-12(8-9)19-14(17)16(10)2/h5-6,8,11,13,15H,3-4,7H2,1-2H3. The first-order valence-electron chi connectivity index (χ1n) is 6.59. The molecule has 1 aliphatic heterocycles. The van der Waals surface area contributed by atoms with Crippen LogP contribution in [0.25, 0.3) is 11.1 Å². The molecule has 2 atom stereocenters. The number of aryl methyl sites for hydroxylation is 1. The van der Waals surface area contributed by atoms with Crippen LogP contribution in [0.1, 0.15) is 24.4 Å². The van der Waals surface area contributed by atoms with Gasteiger partial charge < -0.3 is 14.5 Å². The number of hydrogen-bond donors (Lipinski definition) is 1. The van der Waals surface area contributed by atoms with Gasteiger partial charge in [-0.15, -0.1) is 0 Å². The maximum absolute atomic E-state index is 11.5. The summed E-state index contributed by atoms with van der Waals surface area (Å²) >= 11 is 0. The number of likely N-dealkylation sites (N-methyl/N-ethyl adjacent to an activating group) is 1. The maximum atomic E-state index is 11.5. The van der Waals surface area contributed by atoms with Gasteiger partial charge >= 0.3 is 5.76 Å². The second kappa shape index (κ2) is 4.83. The van der Waals surface area contributed by atoms with Gasteiger partial charge in [0.15, 0.2) is 5.58 Å². The fourth-order valence-corrected chi connectivity index (χ4v) is 2.78. The SMILES string of the molecule is CNC(c1ccc2c(c1)oc(=O)n2C)C1CCCO1. The average molecular weight is 262 g/mol. The highest BCUT2D eigenvalue weighted by Gasteiger charge is 2.26. The Balaban J connectivity index is 2.01. The van der Waals surface area contributed by atoms with Crippen LogP contribution in [0.3, 0.4) is 0 Å². The molecule has 0 radical (unpaired) electrons. The van der Waals surface area contributed by atoms with E-state index in [1.165, 1.54) is 4.57 Å². The lowest BCUT2D eigenvalue weighted by Gasteiger charge is -2.22. The number of nitrogens with one attached hydrogen (secondary N) is 1. The number of rotatable bonds is 3. The van der Waals surface area contributed by atoms with Crippen molar-refractivity contribution < 1.29 is 9.15 Å². The molecule has 5 heteroatoms. The van der Waals surface area contributed by atoms with E-state index in [0.717, 1.165) is 30.5 Å². The molecule has 0 amide bonds. The Morgan fingerprint density at radius 3 is 3.00 bits per heavy atom. The number of oxazole rings is 1. The summed E-state index contributed by atoms with van der Waals surface area (Å²) in [5, 5.41) is 3.29. The highest BCUT2D eigenvalue weighted by molar-refractivity contribution is 5.73. The molecule has 19 heavy (non-hydrogen) atoms. The van der Waals surface area contributed by atoms with Crippen LogP contribution in [-0.4, -0.2) is 24.3 Å². The summed E-state index contributed by atoms with van der Waals surface area (Å²) in [4.78, 5) is 11.5. The number of fused-ring (bicyclic) bond motifs is 1. The minimum atomic E-state index is -0.328. The molecule has 1 aliphatic rings. The molecule has 1 aromatic carbocycles. The van der Waals surface area contributed by atoms with Gasteiger partial charge in [-0.25, -0.2) is 4.79 Å². The third-order valence-electron chi connectivity index (χ3n) is 3.82. The van der Waals surface area contributed by atoms with E-state index in [-0.39, 0.29) is 17.9 Å². The van der Waals surface area contributed by atoms with Crippen LogP contribution >= 0.6 is 0 Å². The van der Waals surface area contributed by atoms with Crippen molar-refractivity contribution in [3.05, 3.63) is 34.3 Å². The van der Waals surface area contributed by atoms with Crippen molar-refractivity contribution in [2.75, 3.05) is 13.7 Å². The molecule has 0 aliphatic carbocycles. The van der Waals surface area contributed by atoms with Crippen molar-refractivity contribution in [2.45, 2.75) is 25.0 Å². The van der Waals surface area contributed by atoms with Gasteiger partial charge in [0.25, 0.3) is 0 Å². The summed E-state index contributed by atoms with van der Waals surface area (Å²) in [6, 6.07) is 6.02. The first kappa shape index (κ1) is 12.4. The van der Waals surface area contributed by atoms with Crippen LogP contribution in [0.15, 0.2) is 27.4 Å². The van der Waals surface area contributed by atoms with Crippen LogP contribution in [0.4, 0.5) is 0 Å².